The van der Waals surface area contributed by atoms with Gasteiger partial charge < -0.3 is 20.3 Å². The van der Waals surface area contributed by atoms with E-state index in [2.05, 4.69) is 20.6 Å². The topological polar surface area (TPSA) is 96.5 Å². The van der Waals surface area contributed by atoms with Crippen LogP contribution in [0.25, 0.3) is 0 Å². The van der Waals surface area contributed by atoms with Crippen LogP contribution >= 0.6 is 0 Å². The Morgan fingerprint density at radius 1 is 1.37 bits per heavy atom. The summed E-state index contributed by atoms with van der Waals surface area (Å²) in [5.74, 6) is 0.765. The van der Waals surface area contributed by atoms with Crippen molar-refractivity contribution >= 4 is 23.3 Å². The molecule has 4 heterocycles. The Hall–Kier alpha value is -3.00. The summed E-state index contributed by atoms with van der Waals surface area (Å²) < 4.78 is 5.43. The number of nitrogens with one attached hydrogen (secondary N) is 2. The number of carbonyl (C=O) groups is 2. The number of anilines is 2. The number of aryl methyl sites for hydroxylation is 1. The molecular weight excluding hydrogens is 382 g/mol. The minimum absolute atomic E-state index is 0.00863. The van der Waals surface area contributed by atoms with Crippen molar-refractivity contribution in [2.45, 2.75) is 32.7 Å². The molecule has 1 fully saturated rings. The molecule has 1 atom stereocenters. The third-order valence-corrected chi connectivity index (χ3v) is 5.61. The van der Waals surface area contributed by atoms with Gasteiger partial charge in [-0.3, -0.25) is 14.6 Å². The first-order valence-electron chi connectivity index (χ1n) is 10.4. The standard InChI is InChI=1S/C22H27N5O3/c1-14-4-3-5-18(25-14)15(2)26-22(29)17-10-19-21(23-11-17)24-12-20(28)27(19)13-16-6-8-30-9-7-16/h3-5,10-11,15-16H,6-9,12-13H2,1-2H3,(H,23,24)(H,26,29). The van der Waals surface area contributed by atoms with Crippen LogP contribution in [0, 0.1) is 12.8 Å². The predicted molar refractivity (Wildman–Crippen MR) is 113 cm³/mol. The normalized spacial score (nSPS) is 17.8. The fourth-order valence-electron chi connectivity index (χ4n) is 3.85. The average molecular weight is 409 g/mol. The maximum Gasteiger partial charge on any atom is 0.253 e. The molecule has 0 radical (unpaired) electrons. The van der Waals surface area contributed by atoms with Crippen LogP contribution in [-0.2, 0) is 9.53 Å². The molecule has 2 N–H and O–H groups in total. The molecule has 2 aromatic heterocycles. The maximum absolute atomic E-state index is 12.9. The lowest BCUT2D eigenvalue weighted by molar-refractivity contribution is -0.117. The minimum atomic E-state index is -0.245. The summed E-state index contributed by atoms with van der Waals surface area (Å²) in [6.45, 7) is 6.10. The van der Waals surface area contributed by atoms with Gasteiger partial charge in [0.25, 0.3) is 5.91 Å². The molecule has 158 valence electrons. The van der Waals surface area contributed by atoms with Crippen molar-refractivity contribution < 1.29 is 14.3 Å². The molecule has 0 aromatic carbocycles. The fourth-order valence-corrected chi connectivity index (χ4v) is 3.85. The summed E-state index contributed by atoms with van der Waals surface area (Å²) >= 11 is 0. The van der Waals surface area contributed by atoms with Gasteiger partial charge in [-0.05, 0) is 50.8 Å². The van der Waals surface area contributed by atoms with E-state index in [9.17, 15) is 9.59 Å². The van der Waals surface area contributed by atoms with Crippen LogP contribution in [0.1, 0.15) is 47.6 Å². The van der Waals surface area contributed by atoms with Crippen molar-refractivity contribution in [3.63, 3.8) is 0 Å². The van der Waals surface area contributed by atoms with E-state index < -0.39 is 0 Å². The van der Waals surface area contributed by atoms with Gasteiger partial charge in [-0.1, -0.05) is 6.07 Å². The Balaban J connectivity index is 1.52. The Labute approximate surface area is 176 Å². The van der Waals surface area contributed by atoms with Crippen molar-refractivity contribution in [3.05, 3.63) is 47.4 Å². The first kappa shape index (κ1) is 20.3. The molecule has 1 unspecified atom stereocenters. The van der Waals surface area contributed by atoms with Crippen LogP contribution in [0.5, 0.6) is 0 Å². The maximum atomic E-state index is 12.9. The lowest BCUT2D eigenvalue weighted by Gasteiger charge is -2.33. The molecule has 2 amide bonds. The number of nitrogens with zero attached hydrogens (tertiary/aromatic N) is 3. The molecule has 0 spiro atoms. The number of carbonyl (C=O) groups excluding carboxylic acids is 2. The molecule has 0 aliphatic carbocycles. The third-order valence-electron chi connectivity index (χ3n) is 5.61. The molecule has 1 saturated heterocycles. The van der Waals surface area contributed by atoms with E-state index in [0.29, 0.717) is 29.5 Å². The van der Waals surface area contributed by atoms with Crippen LogP contribution < -0.4 is 15.5 Å². The van der Waals surface area contributed by atoms with Crippen LogP contribution in [0.15, 0.2) is 30.5 Å². The molecule has 2 aliphatic rings. The van der Waals surface area contributed by atoms with E-state index in [1.807, 2.05) is 32.0 Å². The van der Waals surface area contributed by atoms with E-state index in [4.69, 9.17) is 4.74 Å². The predicted octanol–water partition coefficient (Wildman–Crippen LogP) is 2.46. The largest absolute Gasteiger partial charge is 0.381 e. The second kappa shape index (κ2) is 8.79. The lowest BCUT2D eigenvalue weighted by atomic mass is 9.99. The smallest absolute Gasteiger partial charge is 0.253 e. The van der Waals surface area contributed by atoms with Gasteiger partial charge in [0, 0.05) is 31.6 Å². The first-order chi connectivity index (χ1) is 14.5. The number of hydrogen-bond acceptors (Lipinski definition) is 6. The summed E-state index contributed by atoms with van der Waals surface area (Å²) in [5.41, 5.74) is 2.78. The van der Waals surface area contributed by atoms with E-state index >= 15 is 0 Å². The van der Waals surface area contributed by atoms with Gasteiger partial charge in [-0.2, -0.15) is 0 Å². The van der Waals surface area contributed by atoms with E-state index in [1.54, 1.807) is 17.2 Å². The summed E-state index contributed by atoms with van der Waals surface area (Å²) in [6.07, 6.45) is 3.41. The van der Waals surface area contributed by atoms with E-state index in [1.165, 1.54) is 0 Å². The number of amides is 2. The monoisotopic (exact) mass is 409 g/mol. The van der Waals surface area contributed by atoms with Gasteiger partial charge in [0.05, 0.1) is 29.5 Å². The van der Waals surface area contributed by atoms with Gasteiger partial charge >= 0.3 is 0 Å². The van der Waals surface area contributed by atoms with Gasteiger partial charge in [-0.15, -0.1) is 0 Å². The number of fused-ring (bicyclic) bond motifs is 1. The molecule has 8 heteroatoms. The van der Waals surface area contributed by atoms with E-state index in [0.717, 1.165) is 37.4 Å². The van der Waals surface area contributed by atoms with E-state index in [-0.39, 0.29) is 24.4 Å². The molecule has 2 aromatic rings. The average Bonchev–Trinajstić information content (AvgIpc) is 2.76. The molecule has 30 heavy (non-hydrogen) atoms. The van der Waals surface area contributed by atoms with Crippen molar-refractivity contribution in [2.75, 3.05) is 36.5 Å². The lowest BCUT2D eigenvalue weighted by Crippen LogP contribution is -2.44. The van der Waals surface area contributed by atoms with Crippen LogP contribution in [0.4, 0.5) is 11.5 Å². The summed E-state index contributed by atoms with van der Waals surface area (Å²) in [7, 11) is 0. The van der Waals surface area contributed by atoms with Crippen LogP contribution in [-0.4, -0.2) is 48.1 Å². The first-order valence-corrected chi connectivity index (χ1v) is 10.4. The van der Waals surface area contributed by atoms with Crippen LogP contribution in [0.3, 0.4) is 0 Å². The number of rotatable bonds is 5. The van der Waals surface area contributed by atoms with Crippen molar-refractivity contribution in [1.29, 1.82) is 0 Å². The number of hydrogen-bond donors (Lipinski definition) is 2. The molecule has 8 nitrogen and oxygen atoms in total. The zero-order valence-corrected chi connectivity index (χ0v) is 17.4. The van der Waals surface area contributed by atoms with Gasteiger partial charge in [0.15, 0.2) is 0 Å². The quantitative estimate of drug-likeness (QED) is 0.788. The third kappa shape index (κ3) is 4.43. The SMILES string of the molecule is Cc1cccc(C(C)NC(=O)c2cnc3c(c2)N(CC2CCOCC2)C(=O)CN3)n1. The summed E-state index contributed by atoms with van der Waals surface area (Å²) in [5, 5.41) is 6.02. The zero-order chi connectivity index (χ0) is 21.1. The number of ether oxygens (including phenoxy) is 1. The molecule has 2 aliphatic heterocycles. The highest BCUT2D eigenvalue weighted by atomic mass is 16.5. The highest BCUT2D eigenvalue weighted by Crippen LogP contribution is 2.30. The van der Waals surface area contributed by atoms with Crippen molar-refractivity contribution in [1.82, 2.24) is 15.3 Å². The Kier molecular flexibility index (Phi) is 5.94. The zero-order valence-electron chi connectivity index (χ0n) is 17.4. The highest BCUT2D eigenvalue weighted by molar-refractivity contribution is 6.04. The Morgan fingerprint density at radius 3 is 2.93 bits per heavy atom. The molecule has 4 rings (SSSR count). The van der Waals surface area contributed by atoms with Gasteiger partial charge in [-0.25, -0.2) is 4.98 Å². The summed E-state index contributed by atoms with van der Waals surface area (Å²) in [6, 6.07) is 7.24. The van der Waals surface area contributed by atoms with Gasteiger partial charge in [0.2, 0.25) is 5.91 Å². The Bertz CT molecular complexity index is 942. The fraction of sp³-hybridized carbons (Fsp3) is 0.455. The molecular formula is C22H27N5O3. The van der Waals surface area contributed by atoms with Gasteiger partial charge in [0.1, 0.15) is 5.82 Å². The summed E-state index contributed by atoms with van der Waals surface area (Å²) in [4.78, 5) is 36.1. The number of aromatic nitrogens is 2. The van der Waals surface area contributed by atoms with Crippen molar-refractivity contribution in [3.8, 4) is 0 Å². The second-order valence-corrected chi connectivity index (χ2v) is 7.90. The van der Waals surface area contributed by atoms with Crippen LogP contribution in [0.2, 0.25) is 0 Å². The highest BCUT2D eigenvalue weighted by Gasteiger charge is 2.29. The Morgan fingerprint density at radius 2 is 2.17 bits per heavy atom. The second-order valence-electron chi connectivity index (χ2n) is 7.90. The van der Waals surface area contributed by atoms with Crippen molar-refractivity contribution in [2.24, 2.45) is 5.92 Å². The minimum Gasteiger partial charge on any atom is -0.381 e. The molecule has 0 bridgehead atoms. The number of pyridine rings is 2. The molecule has 0 saturated carbocycles.